The molecule has 86 valence electrons. The van der Waals surface area contributed by atoms with Gasteiger partial charge in [0, 0.05) is 12.2 Å². The van der Waals surface area contributed by atoms with Gasteiger partial charge < -0.3 is 5.73 Å². The molecule has 0 saturated carbocycles. The van der Waals surface area contributed by atoms with E-state index in [0.717, 1.165) is 32.4 Å². The van der Waals surface area contributed by atoms with E-state index < -0.39 is 0 Å². The van der Waals surface area contributed by atoms with Gasteiger partial charge in [0.2, 0.25) is 0 Å². The predicted molar refractivity (Wildman–Crippen MR) is 63.8 cm³/mol. The normalized spacial score (nSPS) is 13.1. The lowest BCUT2D eigenvalue weighted by Gasteiger charge is -2.08. The van der Waals surface area contributed by atoms with Crippen molar-refractivity contribution in [1.29, 1.82) is 0 Å². The Hall–Kier alpha value is -0.830. The largest absolute Gasteiger partial charge is 0.330 e. The van der Waals surface area contributed by atoms with Gasteiger partial charge in [-0.3, -0.25) is 4.68 Å². The Morgan fingerprint density at radius 3 is 2.73 bits per heavy atom. The van der Waals surface area contributed by atoms with E-state index in [4.69, 9.17) is 5.73 Å². The zero-order valence-electron chi connectivity index (χ0n) is 10.2. The fraction of sp³-hybridized carbons (Fsp3) is 0.750. The van der Waals surface area contributed by atoms with Crippen molar-refractivity contribution < 1.29 is 0 Å². The number of nitrogens with two attached hydrogens (primary N) is 1. The molecule has 3 nitrogen and oxygen atoms in total. The molecule has 0 fully saturated rings. The Balaban J connectivity index is 2.62. The lowest BCUT2D eigenvalue weighted by atomic mass is 10.0. The Morgan fingerprint density at radius 2 is 2.20 bits per heavy atom. The molecule has 0 amide bonds. The second-order valence-corrected chi connectivity index (χ2v) is 4.18. The number of aryl methyl sites for hydroxylation is 3. The molecule has 0 spiro atoms. The highest BCUT2D eigenvalue weighted by molar-refractivity contribution is 5.10. The van der Waals surface area contributed by atoms with E-state index in [2.05, 4.69) is 36.6 Å². The van der Waals surface area contributed by atoms with E-state index in [0.29, 0.717) is 5.92 Å². The van der Waals surface area contributed by atoms with Gasteiger partial charge in [-0.2, -0.15) is 5.10 Å². The van der Waals surface area contributed by atoms with Crippen LogP contribution in [0.4, 0.5) is 0 Å². The predicted octanol–water partition coefficient (Wildman–Crippen LogP) is 1.99. The fourth-order valence-electron chi connectivity index (χ4n) is 1.67. The van der Waals surface area contributed by atoms with E-state index in [1.165, 1.54) is 11.4 Å². The first kappa shape index (κ1) is 12.2. The highest BCUT2D eigenvalue weighted by Crippen LogP contribution is 2.11. The molecule has 0 aliphatic heterocycles. The molecule has 15 heavy (non-hydrogen) atoms. The van der Waals surface area contributed by atoms with E-state index in [9.17, 15) is 0 Å². The van der Waals surface area contributed by atoms with Crippen molar-refractivity contribution >= 4 is 0 Å². The molecule has 0 saturated heterocycles. The van der Waals surface area contributed by atoms with Crippen molar-refractivity contribution in [1.82, 2.24) is 9.78 Å². The lowest BCUT2D eigenvalue weighted by Crippen LogP contribution is -2.12. The third kappa shape index (κ3) is 3.34. The monoisotopic (exact) mass is 209 g/mol. The van der Waals surface area contributed by atoms with Crippen molar-refractivity contribution in [2.45, 2.75) is 46.6 Å². The summed E-state index contributed by atoms with van der Waals surface area (Å²) in [6.07, 6.45) is 3.27. The van der Waals surface area contributed by atoms with Crippen LogP contribution in [0.5, 0.6) is 0 Å². The summed E-state index contributed by atoms with van der Waals surface area (Å²) < 4.78 is 2.11. The van der Waals surface area contributed by atoms with Crippen LogP contribution in [0.2, 0.25) is 0 Å². The molecule has 1 aromatic heterocycles. The molecule has 0 aliphatic rings. The van der Waals surface area contributed by atoms with Crippen LogP contribution in [0, 0.1) is 5.92 Å². The summed E-state index contributed by atoms with van der Waals surface area (Å²) in [7, 11) is 0. The minimum Gasteiger partial charge on any atom is -0.330 e. The first-order chi connectivity index (χ1) is 7.21. The standard InChI is InChI=1S/C12H23N3/c1-4-11-8-12(15(5-2)14-11)7-6-10(3)9-13/h8,10H,4-7,9,13H2,1-3H3. The molecule has 0 aliphatic carbocycles. The highest BCUT2D eigenvalue weighted by Gasteiger charge is 2.07. The summed E-state index contributed by atoms with van der Waals surface area (Å²) >= 11 is 0. The zero-order valence-corrected chi connectivity index (χ0v) is 10.2. The van der Waals surface area contributed by atoms with Crippen LogP contribution < -0.4 is 5.73 Å². The molecule has 2 N–H and O–H groups in total. The van der Waals surface area contributed by atoms with Crippen LogP contribution >= 0.6 is 0 Å². The maximum atomic E-state index is 5.62. The molecular formula is C12H23N3. The van der Waals surface area contributed by atoms with Gasteiger partial charge >= 0.3 is 0 Å². The Morgan fingerprint density at radius 1 is 1.47 bits per heavy atom. The zero-order chi connectivity index (χ0) is 11.3. The second-order valence-electron chi connectivity index (χ2n) is 4.18. The average molecular weight is 209 g/mol. The van der Waals surface area contributed by atoms with Gasteiger partial charge in [0.05, 0.1) is 5.69 Å². The van der Waals surface area contributed by atoms with Crippen molar-refractivity contribution in [3.8, 4) is 0 Å². The van der Waals surface area contributed by atoms with Crippen LogP contribution in [0.1, 0.15) is 38.6 Å². The molecule has 0 radical (unpaired) electrons. The number of aromatic nitrogens is 2. The van der Waals surface area contributed by atoms with Gasteiger partial charge in [-0.05, 0) is 44.7 Å². The molecule has 1 atom stereocenters. The van der Waals surface area contributed by atoms with E-state index in [-0.39, 0.29) is 0 Å². The van der Waals surface area contributed by atoms with Crippen molar-refractivity contribution in [3.05, 3.63) is 17.5 Å². The molecule has 1 rings (SSSR count). The van der Waals surface area contributed by atoms with Crippen LogP contribution in [-0.2, 0) is 19.4 Å². The van der Waals surface area contributed by atoms with Gasteiger partial charge in [0.1, 0.15) is 0 Å². The Kier molecular flexibility index (Phi) is 4.82. The molecule has 0 bridgehead atoms. The Labute approximate surface area is 92.7 Å². The summed E-state index contributed by atoms with van der Waals surface area (Å²) in [6, 6.07) is 2.23. The number of hydrogen-bond donors (Lipinski definition) is 1. The third-order valence-electron chi connectivity index (χ3n) is 2.87. The second kappa shape index (κ2) is 5.91. The molecule has 1 heterocycles. The maximum absolute atomic E-state index is 5.62. The first-order valence-corrected chi connectivity index (χ1v) is 5.96. The summed E-state index contributed by atoms with van der Waals surface area (Å²) in [4.78, 5) is 0. The van der Waals surface area contributed by atoms with E-state index in [1.54, 1.807) is 0 Å². The number of nitrogens with zero attached hydrogens (tertiary/aromatic N) is 2. The Bertz CT molecular complexity index is 291. The van der Waals surface area contributed by atoms with Crippen LogP contribution in [0.25, 0.3) is 0 Å². The van der Waals surface area contributed by atoms with Gasteiger partial charge in [0.15, 0.2) is 0 Å². The fourth-order valence-corrected chi connectivity index (χ4v) is 1.67. The quantitative estimate of drug-likeness (QED) is 0.778. The smallest absolute Gasteiger partial charge is 0.0624 e. The SMILES string of the molecule is CCc1cc(CCC(C)CN)n(CC)n1. The maximum Gasteiger partial charge on any atom is 0.0624 e. The van der Waals surface area contributed by atoms with Gasteiger partial charge in [-0.15, -0.1) is 0 Å². The summed E-state index contributed by atoms with van der Waals surface area (Å²) in [5, 5.41) is 4.54. The van der Waals surface area contributed by atoms with Crippen molar-refractivity contribution in [2.75, 3.05) is 6.54 Å². The summed E-state index contributed by atoms with van der Waals surface area (Å²) in [6.45, 7) is 8.23. The van der Waals surface area contributed by atoms with E-state index >= 15 is 0 Å². The minimum absolute atomic E-state index is 0.607. The van der Waals surface area contributed by atoms with Crippen LogP contribution in [-0.4, -0.2) is 16.3 Å². The van der Waals surface area contributed by atoms with Gasteiger partial charge in [-0.1, -0.05) is 13.8 Å². The van der Waals surface area contributed by atoms with Gasteiger partial charge in [0.25, 0.3) is 0 Å². The molecule has 3 heteroatoms. The van der Waals surface area contributed by atoms with Crippen LogP contribution in [0.3, 0.4) is 0 Å². The first-order valence-electron chi connectivity index (χ1n) is 5.96. The van der Waals surface area contributed by atoms with E-state index in [1.807, 2.05) is 0 Å². The highest BCUT2D eigenvalue weighted by atomic mass is 15.3. The average Bonchev–Trinajstić information content (AvgIpc) is 2.68. The molecule has 1 aromatic rings. The summed E-state index contributed by atoms with van der Waals surface area (Å²) in [5.41, 5.74) is 8.17. The molecule has 0 aromatic carbocycles. The summed E-state index contributed by atoms with van der Waals surface area (Å²) in [5.74, 6) is 0.607. The topological polar surface area (TPSA) is 43.8 Å². The molecular weight excluding hydrogens is 186 g/mol. The van der Waals surface area contributed by atoms with Crippen LogP contribution in [0.15, 0.2) is 6.07 Å². The number of hydrogen-bond acceptors (Lipinski definition) is 2. The van der Waals surface area contributed by atoms with Crippen molar-refractivity contribution in [2.24, 2.45) is 11.7 Å². The lowest BCUT2D eigenvalue weighted by molar-refractivity contribution is 0.520. The number of rotatable bonds is 6. The van der Waals surface area contributed by atoms with Gasteiger partial charge in [-0.25, -0.2) is 0 Å². The molecule has 1 unspecified atom stereocenters. The van der Waals surface area contributed by atoms with Crippen molar-refractivity contribution in [3.63, 3.8) is 0 Å². The third-order valence-corrected chi connectivity index (χ3v) is 2.87. The minimum atomic E-state index is 0.607.